The molecule has 1 aromatic heterocycles. The van der Waals surface area contributed by atoms with Crippen LogP contribution in [0, 0.1) is 0 Å². The second-order valence-corrected chi connectivity index (χ2v) is 5.12. The zero-order valence-corrected chi connectivity index (χ0v) is 12.7. The molecular formula is C18H24N2O. The minimum atomic E-state index is 0.635. The molecule has 0 amide bonds. The highest BCUT2D eigenvalue weighted by Gasteiger charge is 1.97. The Balaban J connectivity index is 1.62. The van der Waals surface area contributed by atoms with Crippen LogP contribution in [0.15, 0.2) is 48.7 Å². The van der Waals surface area contributed by atoms with Gasteiger partial charge >= 0.3 is 0 Å². The van der Waals surface area contributed by atoms with Crippen molar-refractivity contribution in [1.29, 1.82) is 0 Å². The minimum absolute atomic E-state index is 0.635. The largest absolute Gasteiger partial charge is 0.377 e. The molecule has 0 fully saturated rings. The van der Waals surface area contributed by atoms with E-state index in [9.17, 15) is 0 Å². The van der Waals surface area contributed by atoms with E-state index in [-0.39, 0.29) is 0 Å². The summed E-state index contributed by atoms with van der Waals surface area (Å²) in [7, 11) is 0. The van der Waals surface area contributed by atoms with Crippen LogP contribution in [0.1, 0.15) is 30.9 Å². The van der Waals surface area contributed by atoms with Crippen molar-refractivity contribution in [2.75, 3.05) is 18.5 Å². The van der Waals surface area contributed by atoms with E-state index in [4.69, 9.17) is 4.74 Å². The lowest BCUT2D eigenvalue weighted by molar-refractivity contribution is 0.118. The average Bonchev–Trinajstić information content (AvgIpc) is 2.55. The molecule has 21 heavy (non-hydrogen) atoms. The summed E-state index contributed by atoms with van der Waals surface area (Å²) in [4.78, 5) is 4.37. The number of aromatic nitrogens is 1. The highest BCUT2D eigenvalue weighted by atomic mass is 16.5. The summed E-state index contributed by atoms with van der Waals surface area (Å²) in [6, 6.07) is 14.6. The molecule has 0 unspecified atom stereocenters. The Hall–Kier alpha value is -1.87. The molecule has 1 N–H and O–H groups in total. The van der Waals surface area contributed by atoms with Crippen molar-refractivity contribution in [2.45, 2.75) is 32.8 Å². The van der Waals surface area contributed by atoms with Crippen molar-refractivity contribution in [3.63, 3.8) is 0 Å². The van der Waals surface area contributed by atoms with Gasteiger partial charge < -0.3 is 10.1 Å². The first-order valence-electron chi connectivity index (χ1n) is 7.69. The van der Waals surface area contributed by atoms with Gasteiger partial charge in [0, 0.05) is 19.3 Å². The molecule has 3 heteroatoms. The zero-order valence-electron chi connectivity index (χ0n) is 12.7. The second kappa shape index (κ2) is 9.14. The van der Waals surface area contributed by atoms with Crippen LogP contribution in [0.25, 0.3) is 0 Å². The van der Waals surface area contributed by atoms with Gasteiger partial charge in [-0.1, -0.05) is 43.3 Å². The van der Waals surface area contributed by atoms with Crippen molar-refractivity contribution in [3.05, 3.63) is 59.8 Å². The van der Waals surface area contributed by atoms with Gasteiger partial charge in [-0.05, 0) is 36.5 Å². The van der Waals surface area contributed by atoms with E-state index in [2.05, 4.69) is 47.6 Å². The van der Waals surface area contributed by atoms with Gasteiger partial charge in [-0.2, -0.15) is 0 Å². The van der Waals surface area contributed by atoms with Gasteiger partial charge in [-0.25, -0.2) is 4.98 Å². The quantitative estimate of drug-likeness (QED) is 0.705. The molecule has 3 nitrogen and oxygen atoms in total. The summed E-state index contributed by atoms with van der Waals surface area (Å²) in [6.45, 7) is 4.52. The monoisotopic (exact) mass is 284 g/mol. The average molecular weight is 284 g/mol. The van der Waals surface area contributed by atoms with Crippen LogP contribution in [-0.2, 0) is 17.8 Å². The first-order valence-corrected chi connectivity index (χ1v) is 7.69. The van der Waals surface area contributed by atoms with E-state index in [1.165, 1.54) is 5.56 Å². The highest BCUT2D eigenvalue weighted by molar-refractivity contribution is 5.35. The number of hydrogen-bond acceptors (Lipinski definition) is 3. The van der Waals surface area contributed by atoms with Crippen LogP contribution in [-0.4, -0.2) is 18.1 Å². The van der Waals surface area contributed by atoms with Crippen molar-refractivity contribution < 1.29 is 4.74 Å². The molecule has 0 atom stereocenters. The third-order valence-electron chi connectivity index (χ3n) is 3.25. The van der Waals surface area contributed by atoms with Gasteiger partial charge in [0.25, 0.3) is 0 Å². The third kappa shape index (κ3) is 5.96. The van der Waals surface area contributed by atoms with E-state index < -0.39 is 0 Å². The SMILES string of the molecule is CCCNc1ccc(COCCCc2ccccc2)cn1. The summed E-state index contributed by atoms with van der Waals surface area (Å²) in [5.74, 6) is 0.935. The zero-order chi connectivity index (χ0) is 14.8. The number of nitrogens with zero attached hydrogens (tertiary/aromatic N) is 1. The number of benzene rings is 1. The molecule has 2 rings (SSSR count). The van der Waals surface area contributed by atoms with Crippen molar-refractivity contribution in [1.82, 2.24) is 4.98 Å². The summed E-state index contributed by atoms with van der Waals surface area (Å²) in [5, 5.41) is 3.26. The van der Waals surface area contributed by atoms with Crippen LogP contribution in [0.5, 0.6) is 0 Å². The Kier molecular flexibility index (Phi) is 6.75. The molecule has 0 spiro atoms. The standard InChI is InChI=1S/C18H24N2O/c1-2-12-19-18-11-10-17(14-20-18)15-21-13-6-9-16-7-4-3-5-8-16/h3-5,7-8,10-11,14H,2,6,9,12-13,15H2,1H3,(H,19,20). The van der Waals surface area contributed by atoms with Crippen LogP contribution in [0.2, 0.25) is 0 Å². The summed E-state index contributed by atoms with van der Waals surface area (Å²) >= 11 is 0. The number of anilines is 1. The van der Waals surface area contributed by atoms with E-state index in [1.807, 2.05) is 18.3 Å². The molecule has 2 aromatic rings. The summed E-state index contributed by atoms with van der Waals surface area (Å²) in [5.41, 5.74) is 2.49. The van der Waals surface area contributed by atoms with E-state index >= 15 is 0 Å². The fraction of sp³-hybridized carbons (Fsp3) is 0.389. The Morgan fingerprint density at radius 1 is 1.05 bits per heavy atom. The lowest BCUT2D eigenvalue weighted by atomic mass is 10.1. The maximum Gasteiger partial charge on any atom is 0.125 e. The summed E-state index contributed by atoms with van der Waals surface area (Å²) < 4.78 is 5.70. The summed E-state index contributed by atoms with van der Waals surface area (Å²) in [6.07, 6.45) is 5.11. The second-order valence-electron chi connectivity index (χ2n) is 5.12. The smallest absolute Gasteiger partial charge is 0.125 e. The highest BCUT2D eigenvalue weighted by Crippen LogP contribution is 2.07. The topological polar surface area (TPSA) is 34.1 Å². The first kappa shape index (κ1) is 15.5. The molecular weight excluding hydrogens is 260 g/mol. The number of aryl methyl sites for hydroxylation is 1. The molecule has 0 saturated heterocycles. The van der Waals surface area contributed by atoms with Crippen molar-refractivity contribution in [2.24, 2.45) is 0 Å². The normalized spacial score (nSPS) is 10.5. The molecule has 0 saturated carbocycles. The number of hydrogen-bond donors (Lipinski definition) is 1. The van der Waals surface area contributed by atoms with Gasteiger partial charge in [0.1, 0.15) is 5.82 Å². The van der Waals surface area contributed by atoms with Gasteiger partial charge in [0.2, 0.25) is 0 Å². The van der Waals surface area contributed by atoms with Gasteiger partial charge in [0.15, 0.2) is 0 Å². The maximum atomic E-state index is 5.70. The predicted molar refractivity (Wildman–Crippen MR) is 87.4 cm³/mol. The molecule has 0 aliphatic heterocycles. The van der Waals surface area contributed by atoms with Crippen molar-refractivity contribution in [3.8, 4) is 0 Å². The molecule has 1 heterocycles. The van der Waals surface area contributed by atoms with Crippen LogP contribution in [0.3, 0.4) is 0 Å². The van der Waals surface area contributed by atoms with Gasteiger partial charge in [-0.15, -0.1) is 0 Å². The van der Waals surface area contributed by atoms with Crippen molar-refractivity contribution >= 4 is 5.82 Å². The van der Waals surface area contributed by atoms with Crippen LogP contribution in [0.4, 0.5) is 5.82 Å². The Morgan fingerprint density at radius 3 is 2.62 bits per heavy atom. The number of rotatable bonds is 9. The fourth-order valence-electron chi connectivity index (χ4n) is 2.08. The molecule has 1 aromatic carbocycles. The van der Waals surface area contributed by atoms with Gasteiger partial charge in [0.05, 0.1) is 6.61 Å². The Bertz CT molecular complexity index is 496. The van der Waals surface area contributed by atoms with E-state index in [0.717, 1.165) is 43.8 Å². The van der Waals surface area contributed by atoms with E-state index in [1.54, 1.807) is 0 Å². The van der Waals surface area contributed by atoms with Gasteiger partial charge in [-0.3, -0.25) is 0 Å². The van der Waals surface area contributed by atoms with E-state index in [0.29, 0.717) is 6.61 Å². The number of pyridine rings is 1. The molecule has 112 valence electrons. The molecule has 0 aliphatic rings. The van der Waals surface area contributed by atoms with Crippen LogP contribution >= 0.6 is 0 Å². The fourth-order valence-corrected chi connectivity index (χ4v) is 2.08. The van der Waals surface area contributed by atoms with Crippen LogP contribution < -0.4 is 5.32 Å². The minimum Gasteiger partial charge on any atom is -0.377 e. The number of nitrogens with one attached hydrogen (secondary N) is 1. The maximum absolute atomic E-state index is 5.70. The first-order chi connectivity index (χ1) is 10.4. The Morgan fingerprint density at radius 2 is 1.90 bits per heavy atom. The lowest BCUT2D eigenvalue weighted by Gasteiger charge is -2.06. The molecule has 0 bridgehead atoms. The molecule has 0 aliphatic carbocycles. The molecule has 0 radical (unpaired) electrons. The lowest BCUT2D eigenvalue weighted by Crippen LogP contribution is -2.02. The predicted octanol–water partition coefficient (Wildman–Crippen LogP) is 4.05. The number of ether oxygens (including phenoxy) is 1. The third-order valence-corrected chi connectivity index (χ3v) is 3.25. The Labute approximate surface area is 127 Å².